The average molecular weight is 389 g/mol. The third-order valence-electron chi connectivity index (χ3n) is 4.43. The molecular weight excluding hydrogens is 356 g/mol. The summed E-state index contributed by atoms with van der Waals surface area (Å²) in [6.45, 7) is 13.9. The molecule has 0 aliphatic heterocycles. The molecule has 0 radical (unpaired) electrons. The van der Waals surface area contributed by atoms with Crippen LogP contribution in [0.3, 0.4) is 0 Å². The first-order valence-corrected chi connectivity index (χ1v) is 14.6. The van der Waals surface area contributed by atoms with Gasteiger partial charge in [-0.25, -0.2) is 0 Å². The third-order valence-corrected chi connectivity index (χ3v) is 10.0. The van der Waals surface area contributed by atoms with Gasteiger partial charge in [0.2, 0.25) is 0 Å². The van der Waals surface area contributed by atoms with E-state index in [2.05, 4.69) is 40.4 Å². The number of rotatable bonds is 7. The van der Waals surface area contributed by atoms with Gasteiger partial charge in [-0.2, -0.15) is 0 Å². The normalized spacial score (nSPS) is 14.7. The molecule has 0 saturated heterocycles. The zero-order chi connectivity index (χ0) is 19.4. The Hall–Kier alpha value is -1.41. The van der Waals surface area contributed by atoms with Crippen LogP contribution in [-0.2, 0) is 4.43 Å². The summed E-state index contributed by atoms with van der Waals surface area (Å²) in [5, 5.41) is 1.65. The van der Waals surface area contributed by atoms with Crippen molar-refractivity contribution < 1.29 is 14.0 Å². The summed E-state index contributed by atoms with van der Waals surface area (Å²) in [6, 6.07) is 17.9. The summed E-state index contributed by atoms with van der Waals surface area (Å²) in [4.78, 5) is 12.0. The molecule has 0 fully saturated rings. The predicted octanol–water partition coefficient (Wildman–Crippen LogP) is 3.77. The van der Waals surface area contributed by atoms with E-state index in [9.17, 15) is 4.80 Å². The predicted molar refractivity (Wildman–Crippen MR) is 115 cm³/mol. The highest BCUT2D eigenvalue weighted by atomic mass is 28.4. The van der Waals surface area contributed by atoms with E-state index in [0.717, 1.165) is 16.1 Å². The number of ether oxygens (including phenoxy) is 1. The number of benzene rings is 2. The first kappa shape index (κ1) is 20.9. The molecule has 142 valence electrons. The number of hydrogen-bond donors (Lipinski definition) is 1. The van der Waals surface area contributed by atoms with Crippen molar-refractivity contribution in [3.8, 4) is 5.75 Å². The fourth-order valence-corrected chi connectivity index (χ4v) is 7.27. The maximum atomic E-state index is 12.0. The van der Waals surface area contributed by atoms with Crippen LogP contribution in [-0.4, -0.2) is 34.6 Å². The van der Waals surface area contributed by atoms with Crippen LogP contribution >= 0.6 is 0 Å². The Balaban J connectivity index is 2.36. The highest BCUT2D eigenvalue weighted by Crippen LogP contribution is 2.35. The van der Waals surface area contributed by atoms with E-state index in [1.54, 1.807) is 0 Å². The lowest BCUT2D eigenvalue weighted by Crippen LogP contribution is -2.64. The van der Waals surface area contributed by atoms with E-state index in [1.807, 2.05) is 54.6 Å². The van der Waals surface area contributed by atoms with E-state index in [1.165, 1.54) is 0 Å². The highest BCUT2D eigenvalue weighted by Gasteiger charge is 2.48. The van der Waals surface area contributed by atoms with Crippen molar-refractivity contribution in [2.24, 2.45) is 0 Å². The quantitative estimate of drug-likeness (QED) is 0.580. The van der Waals surface area contributed by atoms with Crippen LogP contribution in [0.15, 0.2) is 54.6 Å². The largest absolute Gasteiger partial charge is 0.491 e. The molecule has 0 heterocycles. The third kappa shape index (κ3) is 4.85. The van der Waals surface area contributed by atoms with Gasteiger partial charge in [0.25, 0.3) is 8.32 Å². The van der Waals surface area contributed by atoms with Crippen LogP contribution in [0.2, 0.25) is 24.7 Å². The molecule has 26 heavy (non-hydrogen) atoms. The molecular formula is C21H32O3Si2. The lowest BCUT2D eigenvalue weighted by Gasteiger charge is -2.39. The molecule has 0 amide bonds. The molecule has 0 bridgehead atoms. The molecule has 1 atom stereocenters. The first-order chi connectivity index (χ1) is 12.1. The van der Waals surface area contributed by atoms with Gasteiger partial charge in [-0.3, -0.25) is 0 Å². The van der Waals surface area contributed by atoms with Crippen molar-refractivity contribution >= 4 is 27.0 Å². The maximum Gasteiger partial charge on any atom is 0.261 e. The van der Waals surface area contributed by atoms with Gasteiger partial charge in [0.05, 0.1) is 6.61 Å². The second-order valence-corrected chi connectivity index (χ2v) is 17.2. The van der Waals surface area contributed by atoms with Gasteiger partial charge < -0.3 is 14.0 Å². The molecule has 0 spiro atoms. The molecule has 0 aromatic heterocycles. The van der Waals surface area contributed by atoms with E-state index in [0.29, 0.717) is 13.2 Å². The molecule has 0 saturated carbocycles. The fraction of sp³-hybridized carbons (Fsp3) is 0.429. The van der Waals surface area contributed by atoms with E-state index in [-0.39, 0.29) is 5.04 Å². The van der Waals surface area contributed by atoms with Gasteiger partial charge in [-0.1, -0.05) is 69.3 Å². The SMILES string of the molecule is CC(C)(C)[Si](O)(c1ccccc1)c1ccccc1OCCO[Si](C)(C)C. The first-order valence-electron chi connectivity index (χ1n) is 9.20. The van der Waals surface area contributed by atoms with Crippen LogP contribution in [0.4, 0.5) is 0 Å². The van der Waals surface area contributed by atoms with Crippen molar-refractivity contribution in [2.45, 2.75) is 45.5 Å². The van der Waals surface area contributed by atoms with Gasteiger partial charge in [-0.05, 0) is 35.9 Å². The summed E-state index contributed by atoms with van der Waals surface area (Å²) in [5.41, 5.74) is 0. The summed E-state index contributed by atoms with van der Waals surface area (Å²) < 4.78 is 12.0. The summed E-state index contributed by atoms with van der Waals surface area (Å²) >= 11 is 0. The second kappa shape index (κ2) is 8.09. The molecule has 5 heteroatoms. The van der Waals surface area contributed by atoms with Crippen LogP contribution in [0.1, 0.15) is 20.8 Å². The van der Waals surface area contributed by atoms with Crippen molar-refractivity contribution in [1.29, 1.82) is 0 Å². The molecule has 3 nitrogen and oxygen atoms in total. The minimum Gasteiger partial charge on any atom is -0.491 e. The van der Waals surface area contributed by atoms with Crippen molar-refractivity contribution in [2.75, 3.05) is 13.2 Å². The number of para-hydroxylation sites is 1. The zero-order valence-corrected chi connectivity index (χ0v) is 18.9. The molecule has 1 unspecified atom stereocenters. The molecule has 2 rings (SSSR count). The van der Waals surface area contributed by atoms with Crippen molar-refractivity contribution in [1.82, 2.24) is 0 Å². The molecule has 1 N–H and O–H groups in total. The number of hydrogen-bond acceptors (Lipinski definition) is 3. The minimum atomic E-state index is -3.00. The van der Waals surface area contributed by atoms with Crippen molar-refractivity contribution in [3.05, 3.63) is 54.6 Å². The molecule has 2 aromatic carbocycles. The topological polar surface area (TPSA) is 38.7 Å². The maximum absolute atomic E-state index is 12.0. The fourth-order valence-electron chi connectivity index (χ4n) is 3.06. The van der Waals surface area contributed by atoms with Gasteiger partial charge in [0, 0.05) is 5.19 Å². The standard InChI is InChI=1S/C21H32O3Si2/c1-21(2,3)26(22,18-12-8-7-9-13-18)20-15-11-10-14-19(20)23-16-17-24-25(4,5)6/h7-15,22H,16-17H2,1-6H3. The molecule has 0 aliphatic rings. The van der Waals surface area contributed by atoms with Crippen LogP contribution in [0.5, 0.6) is 5.75 Å². The zero-order valence-electron chi connectivity index (χ0n) is 16.9. The Morgan fingerprint density at radius 2 is 1.42 bits per heavy atom. The van der Waals surface area contributed by atoms with Crippen LogP contribution < -0.4 is 15.1 Å². The summed E-state index contributed by atoms with van der Waals surface area (Å²) in [5.74, 6) is 0.764. The monoisotopic (exact) mass is 388 g/mol. The lowest BCUT2D eigenvalue weighted by molar-refractivity contribution is 0.213. The second-order valence-electron chi connectivity index (χ2n) is 8.63. The smallest absolute Gasteiger partial charge is 0.261 e. The Morgan fingerprint density at radius 1 is 0.846 bits per heavy atom. The summed E-state index contributed by atoms with van der Waals surface area (Å²) in [6.07, 6.45) is 0. The Labute approximate surface area is 160 Å². The van der Waals surface area contributed by atoms with Gasteiger partial charge >= 0.3 is 0 Å². The van der Waals surface area contributed by atoms with E-state index in [4.69, 9.17) is 9.16 Å². The molecule has 0 aliphatic carbocycles. The van der Waals surface area contributed by atoms with Crippen LogP contribution in [0.25, 0.3) is 0 Å². The van der Waals surface area contributed by atoms with E-state index >= 15 is 0 Å². The summed E-state index contributed by atoms with van der Waals surface area (Å²) in [7, 11) is -4.55. The lowest BCUT2D eigenvalue weighted by atomic mass is 10.2. The van der Waals surface area contributed by atoms with Crippen molar-refractivity contribution in [3.63, 3.8) is 0 Å². The highest BCUT2D eigenvalue weighted by molar-refractivity contribution is 6.99. The van der Waals surface area contributed by atoms with Gasteiger partial charge in [-0.15, -0.1) is 0 Å². The van der Waals surface area contributed by atoms with Crippen LogP contribution in [0, 0.1) is 0 Å². The Morgan fingerprint density at radius 3 is 2.00 bits per heavy atom. The molecule has 2 aromatic rings. The van der Waals surface area contributed by atoms with E-state index < -0.39 is 16.6 Å². The van der Waals surface area contributed by atoms with Gasteiger partial charge in [0.15, 0.2) is 8.32 Å². The Bertz CT molecular complexity index is 705. The average Bonchev–Trinajstić information content (AvgIpc) is 2.57. The van der Waals surface area contributed by atoms with Gasteiger partial charge in [0.1, 0.15) is 12.4 Å². The minimum absolute atomic E-state index is 0.275. The Kier molecular flexibility index (Phi) is 6.50.